The van der Waals surface area contributed by atoms with E-state index in [1.165, 1.54) is 12.8 Å². The summed E-state index contributed by atoms with van der Waals surface area (Å²) in [4.78, 5) is 6.89. The number of sulfone groups is 1. The fourth-order valence-corrected chi connectivity index (χ4v) is 6.03. The van der Waals surface area contributed by atoms with Crippen molar-refractivity contribution >= 4 is 9.84 Å². The maximum absolute atomic E-state index is 13.1. The number of likely N-dealkylation sites (tertiary alicyclic amines) is 1. The van der Waals surface area contributed by atoms with E-state index in [4.69, 9.17) is 4.74 Å². The van der Waals surface area contributed by atoms with Crippen LogP contribution in [0, 0.1) is 5.92 Å². The Morgan fingerprint density at radius 3 is 2.63 bits per heavy atom. The lowest BCUT2D eigenvalue weighted by atomic mass is 9.99. The summed E-state index contributed by atoms with van der Waals surface area (Å²) in [5.41, 5.74) is 2.04. The summed E-state index contributed by atoms with van der Waals surface area (Å²) in [6.07, 6.45) is 6.34. The number of ether oxygens (including phenoxy) is 1. The number of benzene rings is 1. The van der Waals surface area contributed by atoms with Gasteiger partial charge in [0, 0.05) is 26.3 Å². The molecule has 0 unspecified atom stereocenters. The van der Waals surface area contributed by atoms with Crippen LogP contribution in [0.4, 0.5) is 0 Å². The summed E-state index contributed by atoms with van der Waals surface area (Å²) >= 11 is 0. The van der Waals surface area contributed by atoms with Crippen LogP contribution in [0.1, 0.15) is 50.8 Å². The van der Waals surface area contributed by atoms with Gasteiger partial charge < -0.3 is 9.30 Å². The first-order valence-electron chi connectivity index (χ1n) is 10.9. The number of imidazole rings is 1. The molecule has 30 heavy (non-hydrogen) atoms. The van der Waals surface area contributed by atoms with E-state index in [2.05, 4.69) is 9.88 Å². The Balaban J connectivity index is 1.91. The van der Waals surface area contributed by atoms with Gasteiger partial charge in [-0.15, -0.1) is 0 Å². The average Bonchev–Trinajstić information content (AvgIpc) is 3.10. The summed E-state index contributed by atoms with van der Waals surface area (Å²) in [6, 6.07) is 10.5. The maximum Gasteiger partial charge on any atom is 0.228 e. The third-order valence-electron chi connectivity index (χ3n) is 5.69. The molecule has 1 fully saturated rings. The summed E-state index contributed by atoms with van der Waals surface area (Å²) < 4.78 is 33.3. The molecule has 1 aliphatic heterocycles. The second-order valence-corrected chi connectivity index (χ2v) is 10.6. The lowest BCUT2D eigenvalue weighted by Crippen LogP contribution is -2.40. The molecule has 1 aliphatic rings. The Morgan fingerprint density at radius 2 is 1.93 bits per heavy atom. The molecule has 1 aromatic heterocycles. The number of methoxy groups -OCH3 is 1. The standard InChI is InChI=1S/C23H35N3O3S/c1-19(2)18-30(27,28)23-24-15-22(26(23)16-20-9-5-4-6-10-20)17-25-13-8-7-11-21(25)12-14-29-3/h4-6,9-10,15,19,21H,7-8,11-14,16-18H2,1-3H3/t21-/m0/s1. The van der Waals surface area contributed by atoms with Crippen LogP contribution in [-0.4, -0.2) is 54.9 Å². The van der Waals surface area contributed by atoms with Crippen molar-refractivity contribution in [2.75, 3.05) is 26.0 Å². The van der Waals surface area contributed by atoms with Gasteiger partial charge in [-0.3, -0.25) is 4.90 Å². The van der Waals surface area contributed by atoms with Gasteiger partial charge in [0.1, 0.15) is 0 Å². The van der Waals surface area contributed by atoms with E-state index in [1.54, 1.807) is 13.3 Å². The van der Waals surface area contributed by atoms with Gasteiger partial charge >= 0.3 is 0 Å². The van der Waals surface area contributed by atoms with Crippen LogP contribution in [0.25, 0.3) is 0 Å². The third kappa shape index (κ3) is 5.93. The highest BCUT2D eigenvalue weighted by molar-refractivity contribution is 7.91. The van der Waals surface area contributed by atoms with E-state index in [-0.39, 0.29) is 16.8 Å². The molecule has 0 bridgehead atoms. The van der Waals surface area contributed by atoms with Crippen LogP contribution < -0.4 is 0 Å². The van der Waals surface area contributed by atoms with Crippen LogP contribution in [0.3, 0.4) is 0 Å². The van der Waals surface area contributed by atoms with Crippen molar-refractivity contribution in [3.05, 3.63) is 47.8 Å². The van der Waals surface area contributed by atoms with Crippen LogP contribution in [0.5, 0.6) is 0 Å². The van der Waals surface area contributed by atoms with E-state index >= 15 is 0 Å². The summed E-state index contributed by atoms with van der Waals surface area (Å²) in [5, 5.41) is 0.195. The largest absolute Gasteiger partial charge is 0.385 e. The summed E-state index contributed by atoms with van der Waals surface area (Å²) in [6.45, 7) is 6.86. The van der Waals surface area contributed by atoms with Gasteiger partial charge in [0.2, 0.25) is 15.0 Å². The van der Waals surface area contributed by atoms with E-state index in [9.17, 15) is 8.42 Å². The molecule has 2 heterocycles. The second kappa shape index (κ2) is 10.6. The van der Waals surface area contributed by atoms with Gasteiger partial charge in [0.25, 0.3) is 0 Å². The molecular weight excluding hydrogens is 398 g/mol. The minimum Gasteiger partial charge on any atom is -0.385 e. The molecule has 0 saturated carbocycles. The second-order valence-electron chi connectivity index (χ2n) is 8.68. The normalized spacial score (nSPS) is 18.2. The summed E-state index contributed by atoms with van der Waals surface area (Å²) in [5.74, 6) is 0.166. The quantitative estimate of drug-likeness (QED) is 0.571. The van der Waals surface area contributed by atoms with E-state index in [1.807, 2.05) is 48.7 Å². The van der Waals surface area contributed by atoms with Crippen LogP contribution in [0.15, 0.2) is 41.7 Å². The first-order chi connectivity index (χ1) is 14.4. The number of piperidine rings is 1. The molecule has 0 radical (unpaired) electrons. The molecule has 0 spiro atoms. The Kier molecular flexibility index (Phi) is 8.08. The molecule has 2 aromatic rings. The lowest BCUT2D eigenvalue weighted by Gasteiger charge is -2.35. The van der Waals surface area contributed by atoms with E-state index in [0.29, 0.717) is 19.1 Å². The molecule has 0 N–H and O–H groups in total. The molecule has 0 aliphatic carbocycles. The van der Waals surface area contributed by atoms with Crippen molar-refractivity contribution in [1.29, 1.82) is 0 Å². The Morgan fingerprint density at radius 1 is 1.17 bits per heavy atom. The fraction of sp³-hybridized carbons (Fsp3) is 0.609. The molecule has 7 heteroatoms. The van der Waals surface area contributed by atoms with Crippen molar-refractivity contribution in [1.82, 2.24) is 14.5 Å². The van der Waals surface area contributed by atoms with Crippen molar-refractivity contribution in [3.63, 3.8) is 0 Å². The first-order valence-corrected chi connectivity index (χ1v) is 12.6. The number of hydrogen-bond donors (Lipinski definition) is 0. The molecule has 6 nitrogen and oxygen atoms in total. The van der Waals surface area contributed by atoms with E-state index < -0.39 is 9.84 Å². The zero-order chi connectivity index (χ0) is 21.6. The van der Waals surface area contributed by atoms with Crippen LogP contribution in [0.2, 0.25) is 0 Å². The van der Waals surface area contributed by atoms with Gasteiger partial charge in [0.05, 0.1) is 24.2 Å². The van der Waals surface area contributed by atoms with Gasteiger partial charge in [-0.05, 0) is 37.3 Å². The average molecular weight is 434 g/mol. The van der Waals surface area contributed by atoms with Crippen molar-refractivity contribution in [2.24, 2.45) is 5.92 Å². The predicted octanol–water partition coefficient (Wildman–Crippen LogP) is 3.75. The van der Waals surface area contributed by atoms with Crippen LogP contribution >= 0.6 is 0 Å². The topological polar surface area (TPSA) is 64.4 Å². The third-order valence-corrected chi connectivity index (χ3v) is 7.67. The number of rotatable bonds is 10. The molecule has 166 valence electrons. The Hall–Kier alpha value is -1.70. The van der Waals surface area contributed by atoms with Crippen molar-refractivity contribution in [2.45, 2.75) is 63.8 Å². The lowest BCUT2D eigenvalue weighted by molar-refractivity contribution is 0.0954. The maximum atomic E-state index is 13.1. The summed E-state index contributed by atoms with van der Waals surface area (Å²) in [7, 11) is -1.70. The predicted molar refractivity (Wildman–Crippen MR) is 119 cm³/mol. The highest BCUT2D eigenvalue weighted by atomic mass is 32.2. The SMILES string of the molecule is COCC[C@@H]1CCCCN1Cc1cnc(S(=O)(=O)CC(C)C)n1Cc1ccccc1. The fourth-order valence-electron chi connectivity index (χ4n) is 4.27. The number of nitrogens with zero attached hydrogens (tertiary/aromatic N) is 3. The molecule has 1 atom stereocenters. The minimum atomic E-state index is -3.44. The highest BCUT2D eigenvalue weighted by Gasteiger charge is 2.27. The van der Waals surface area contributed by atoms with Gasteiger partial charge in [0.15, 0.2) is 0 Å². The molecule has 1 aromatic carbocycles. The molecule has 3 rings (SSSR count). The highest BCUT2D eigenvalue weighted by Crippen LogP contribution is 2.24. The van der Waals surface area contributed by atoms with Gasteiger partial charge in [-0.25, -0.2) is 13.4 Å². The minimum absolute atomic E-state index is 0.0563. The Bertz CT molecular complexity index is 894. The zero-order valence-corrected chi connectivity index (χ0v) is 19.3. The van der Waals surface area contributed by atoms with Gasteiger partial charge in [-0.1, -0.05) is 50.6 Å². The van der Waals surface area contributed by atoms with Gasteiger partial charge in [-0.2, -0.15) is 0 Å². The molecule has 1 saturated heterocycles. The van der Waals surface area contributed by atoms with Crippen molar-refractivity contribution < 1.29 is 13.2 Å². The van der Waals surface area contributed by atoms with Crippen molar-refractivity contribution in [3.8, 4) is 0 Å². The Labute approximate surface area is 181 Å². The number of aromatic nitrogens is 2. The zero-order valence-electron chi connectivity index (χ0n) is 18.5. The smallest absolute Gasteiger partial charge is 0.228 e. The number of hydrogen-bond acceptors (Lipinski definition) is 5. The van der Waals surface area contributed by atoms with Crippen LogP contribution in [-0.2, 0) is 27.7 Å². The molecular formula is C23H35N3O3S. The first kappa shape index (κ1) is 23.0. The van der Waals surface area contributed by atoms with E-state index in [0.717, 1.165) is 37.3 Å². The monoisotopic (exact) mass is 433 g/mol. The molecule has 0 amide bonds.